The number of aldehydes is 1. The molecule has 2 aromatic rings. The minimum Gasteiger partial charge on any atom is -0.477 e. The number of nitrogens with zero attached hydrogens (tertiary/aromatic N) is 1. The predicted octanol–water partition coefficient (Wildman–Crippen LogP) is 1.06. The van der Waals surface area contributed by atoms with E-state index in [9.17, 15) is 18.8 Å². The highest BCUT2D eigenvalue weighted by Gasteiger charge is 2.16. The Bertz CT molecular complexity index is 832. The fourth-order valence-corrected chi connectivity index (χ4v) is 2.41. The molecular weight excluding hydrogens is 317 g/mol. The normalized spacial score (nSPS) is 10.8. The van der Waals surface area contributed by atoms with Gasteiger partial charge in [0.25, 0.3) is 0 Å². The van der Waals surface area contributed by atoms with E-state index >= 15 is 0 Å². The number of carbonyl (C=O) groups excluding carboxylic acids is 1. The minimum absolute atomic E-state index is 0.0267. The number of hydrogen-bond donors (Lipinski definition) is 3. The summed E-state index contributed by atoms with van der Waals surface area (Å²) in [6, 6.07) is 2.54. The van der Waals surface area contributed by atoms with E-state index in [2.05, 4.69) is 10.6 Å². The number of anilines is 1. The van der Waals surface area contributed by atoms with Gasteiger partial charge >= 0.3 is 5.97 Å². The van der Waals surface area contributed by atoms with Crippen LogP contribution in [-0.4, -0.2) is 41.6 Å². The molecule has 0 amide bonds. The lowest BCUT2D eigenvalue weighted by atomic mass is 10.1. The number of nitrogens with one attached hydrogen (secondary N) is 2. The zero-order valence-electron chi connectivity index (χ0n) is 13.1. The van der Waals surface area contributed by atoms with Crippen LogP contribution >= 0.6 is 0 Å². The van der Waals surface area contributed by atoms with Crippen molar-refractivity contribution in [3.8, 4) is 0 Å². The third-order valence-corrected chi connectivity index (χ3v) is 3.58. The van der Waals surface area contributed by atoms with Gasteiger partial charge in [-0.15, -0.1) is 0 Å². The minimum atomic E-state index is -1.34. The monoisotopic (exact) mass is 335 g/mol. The lowest BCUT2D eigenvalue weighted by Gasteiger charge is -2.13. The van der Waals surface area contributed by atoms with E-state index in [0.29, 0.717) is 25.2 Å². The molecule has 0 radical (unpaired) electrons. The molecule has 0 saturated carbocycles. The van der Waals surface area contributed by atoms with E-state index in [1.165, 1.54) is 12.3 Å². The van der Waals surface area contributed by atoms with Gasteiger partial charge in [0.2, 0.25) is 5.43 Å². The highest BCUT2D eigenvalue weighted by molar-refractivity contribution is 5.93. The van der Waals surface area contributed by atoms with Gasteiger partial charge in [-0.1, -0.05) is 0 Å². The summed E-state index contributed by atoms with van der Waals surface area (Å²) in [5.41, 5.74) is -0.430. The molecule has 0 aliphatic rings. The molecule has 0 fully saturated rings. The number of carbonyl (C=O) groups is 2. The molecule has 0 spiro atoms. The molecule has 24 heavy (non-hydrogen) atoms. The largest absolute Gasteiger partial charge is 0.477 e. The molecular formula is C16H18FN3O4. The van der Waals surface area contributed by atoms with Crippen molar-refractivity contribution in [2.24, 2.45) is 0 Å². The van der Waals surface area contributed by atoms with Crippen LogP contribution in [0.3, 0.4) is 0 Å². The molecule has 0 saturated heterocycles. The van der Waals surface area contributed by atoms with Crippen molar-refractivity contribution >= 4 is 28.8 Å². The molecule has 0 aliphatic carbocycles. The Morgan fingerprint density at radius 1 is 1.38 bits per heavy atom. The third-order valence-electron chi connectivity index (χ3n) is 3.58. The number of aryl methyl sites for hydroxylation is 1. The van der Waals surface area contributed by atoms with Gasteiger partial charge in [-0.05, 0) is 19.1 Å². The second-order valence-corrected chi connectivity index (χ2v) is 5.11. The number of carboxylic acid groups (broad SMARTS) is 1. The van der Waals surface area contributed by atoms with Gasteiger partial charge in [0.15, 0.2) is 0 Å². The van der Waals surface area contributed by atoms with E-state index in [1.54, 1.807) is 11.5 Å². The molecule has 1 aromatic carbocycles. The fraction of sp³-hybridized carbons (Fsp3) is 0.312. The molecule has 128 valence electrons. The summed E-state index contributed by atoms with van der Waals surface area (Å²) in [6.07, 6.45) is 2.00. The highest BCUT2D eigenvalue weighted by atomic mass is 19.1. The molecule has 8 heteroatoms. The van der Waals surface area contributed by atoms with Gasteiger partial charge in [0, 0.05) is 31.2 Å². The molecule has 3 N–H and O–H groups in total. The van der Waals surface area contributed by atoms with E-state index < -0.39 is 17.2 Å². The van der Waals surface area contributed by atoms with Gasteiger partial charge in [0.1, 0.15) is 17.7 Å². The lowest BCUT2D eigenvalue weighted by molar-refractivity contribution is -0.107. The Hall–Kier alpha value is -2.74. The summed E-state index contributed by atoms with van der Waals surface area (Å²) in [7, 11) is 0. The lowest BCUT2D eigenvalue weighted by Crippen LogP contribution is -2.24. The van der Waals surface area contributed by atoms with Crippen LogP contribution in [0, 0.1) is 5.82 Å². The number of carboxylic acids is 1. The van der Waals surface area contributed by atoms with Gasteiger partial charge < -0.3 is 25.1 Å². The Kier molecular flexibility index (Phi) is 5.64. The first-order valence-electron chi connectivity index (χ1n) is 7.47. The summed E-state index contributed by atoms with van der Waals surface area (Å²) in [5, 5.41) is 14.9. The first-order valence-corrected chi connectivity index (χ1v) is 7.47. The summed E-state index contributed by atoms with van der Waals surface area (Å²) in [4.78, 5) is 33.6. The first kappa shape index (κ1) is 17.6. The van der Waals surface area contributed by atoms with Crippen LogP contribution in [0.2, 0.25) is 0 Å². The van der Waals surface area contributed by atoms with Crippen LogP contribution < -0.4 is 16.1 Å². The molecule has 0 atom stereocenters. The molecule has 7 nitrogen and oxygen atoms in total. The van der Waals surface area contributed by atoms with Gasteiger partial charge in [-0.2, -0.15) is 0 Å². The van der Waals surface area contributed by atoms with Crippen molar-refractivity contribution in [1.82, 2.24) is 9.88 Å². The number of benzene rings is 1. The Morgan fingerprint density at radius 2 is 2.12 bits per heavy atom. The smallest absolute Gasteiger partial charge is 0.341 e. The second kappa shape index (κ2) is 7.69. The fourth-order valence-electron chi connectivity index (χ4n) is 2.41. The van der Waals surface area contributed by atoms with Crippen molar-refractivity contribution in [3.63, 3.8) is 0 Å². The quantitative estimate of drug-likeness (QED) is 0.493. The van der Waals surface area contributed by atoms with Crippen LogP contribution in [-0.2, 0) is 11.3 Å². The maximum absolute atomic E-state index is 14.2. The van der Waals surface area contributed by atoms with Gasteiger partial charge in [-0.3, -0.25) is 4.79 Å². The topological polar surface area (TPSA) is 100 Å². The highest BCUT2D eigenvalue weighted by Crippen LogP contribution is 2.21. The van der Waals surface area contributed by atoms with Gasteiger partial charge in [0.05, 0.1) is 17.7 Å². The van der Waals surface area contributed by atoms with Crippen molar-refractivity contribution in [1.29, 1.82) is 0 Å². The van der Waals surface area contributed by atoms with E-state index in [-0.39, 0.29) is 23.2 Å². The maximum Gasteiger partial charge on any atom is 0.341 e. The van der Waals surface area contributed by atoms with Crippen molar-refractivity contribution in [3.05, 3.63) is 39.9 Å². The number of halogens is 1. The average molecular weight is 335 g/mol. The third kappa shape index (κ3) is 3.60. The van der Waals surface area contributed by atoms with Crippen molar-refractivity contribution < 1.29 is 19.1 Å². The Morgan fingerprint density at radius 3 is 2.75 bits per heavy atom. The summed E-state index contributed by atoms with van der Waals surface area (Å²) < 4.78 is 15.8. The second-order valence-electron chi connectivity index (χ2n) is 5.11. The summed E-state index contributed by atoms with van der Waals surface area (Å²) >= 11 is 0. The summed E-state index contributed by atoms with van der Waals surface area (Å²) in [5.74, 6) is -1.98. The van der Waals surface area contributed by atoms with Crippen molar-refractivity contribution in [2.75, 3.05) is 25.0 Å². The number of pyridine rings is 1. The van der Waals surface area contributed by atoms with Crippen molar-refractivity contribution in [2.45, 2.75) is 13.5 Å². The number of aromatic nitrogens is 1. The standard InChI is InChI=1S/C16H18FN3O4/c1-2-20-9-11(16(23)24)15(22)10-7-12(17)13(8-14(10)20)19-4-3-18-5-6-21/h6-9,18-19H,2-5H2,1H3,(H,23,24). The molecule has 1 aromatic heterocycles. The van der Waals surface area contributed by atoms with Crippen LogP contribution in [0.5, 0.6) is 0 Å². The average Bonchev–Trinajstić information content (AvgIpc) is 2.55. The SMILES string of the molecule is CCn1cc(C(=O)O)c(=O)c2cc(F)c(NCCNCC=O)cc21. The molecule has 0 aliphatic heterocycles. The zero-order chi connectivity index (χ0) is 17.7. The molecule has 2 rings (SSSR count). The van der Waals surface area contributed by atoms with Crippen LogP contribution in [0.25, 0.3) is 10.9 Å². The Labute approximate surface area is 137 Å². The maximum atomic E-state index is 14.2. The molecule has 0 bridgehead atoms. The van der Waals surface area contributed by atoms with Crippen LogP contribution in [0.4, 0.5) is 10.1 Å². The zero-order valence-corrected chi connectivity index (χ0v) is 13.1. The number of rotatable bonds is 8. The Balaban J connectivity index is 2.42. The van der Waals surface area contributed by atoms with Crippen LogP contribution in [0.1, 0.15) is 17.3 Å². The predicted molar refractivity (Wildman–Crippen MR) is 88.2 cm³/mol. The number of fused-ring (bicyclic) bond motifs is 1. The summed E-state index contributed by atoms with van der Waals surface area (Å²) in [6.45, 7) is 3.31. The first-order chi connectivity index (χ1) is 11.5. The van der Waals surface area contributed by atoms with E-state index in [0.717, 1.165) is 12.4 Å². The van der Waals surface area contributed by atoms with Gasteiger partial charge in [-0.25, -0.2) is 9.18 Å². The number of hydrogen-bond acceptors (Lipinski definition) is 5. The van der Waals surface area contributed by atoms with E-state index in [4.69, 9.17) is 5.11 Å². The molecule has 1 heterocycles. The van der Waals surface area contributed by atoms with E-state index in [1.807, 2.05) is 0 Å². The molecule has 0 unspecified atom stereocenters. The van der Waals surface area contributed by atoms with Crippen LogP contribution in [0.15, 0.2) is 23.1 Å². The number of aromatic carboxylic acids is 1.